The summed E-state index contributed by atoms with van der Waals surface area (Å²) in [6.07, 6.45) is 3.30. The van der Waals surface area contributed by atoms with Crippen molar-refractivity contribution in [3.05, 3.63) is 95.5 Å². The summed E-state index contributed by atoms with van der Waals surface area (Å²) in [4.78, 5) is 62.2. The molecule has 0 aliphatic heterocycles. The Labute approximate surface area is 176 Å². The first-order valence-electron chi connectivity index (χ1n) is 9.07. The Morgan fingerprint density at radius 1 is 0.710 bits per heavy atom. The third-order valence-corrected chi connectivity index (χ3v) is 5.11. The average Bonchev–Trinajstić information content (AvgIpc) is 3.36. The summed E-state index contributed by atoms with van der Waals surface area (Å²) in [7, 11) is 0. The van der Waals surface area contributed by atoms with Crippen molar-refractivity contribution in [2.45, 2.75) is 0 Å². The molecule has 11 heteroatoms. The van der Waals surface area contributed by atoms with Gasteiger partial charge in [0.1, 0.15) is 11.5 Å². The molecule has 5 rings (SSSR count). The van der Waals surface area contributed by atoms with Crippen LogP contribution in [0.25, 0.3) is 39.2 Å². The van der Waals surface area contributed by atoms with E-state index in [0.29, 0.717) is 16.3 Å². The van der Waals surface area contributed by atoms with Gasteiger partial charge in [0.25, 0.3) is 11.1 Å². The quantitative estimate of drug-likeness (QED) is 0.292. The van der Waals surface area contributed by atoms with E-state index in [4.69, 9.17) is 11.6 Å². The van der Waals surface area contributed by atoms with E-state index < -0.39 is 22.5 Å². The van der Waals surface area contributed by atoms with Crippen LogP contribution in [0.2, 0.25) is 5.02 Å². The zero-order chi connectivity index (χ0) is 21.7. The Kier molecular flexibility index (Phi) is 4.15. The predicted octanol–water partition coefficient (Wildman–Crippen LogP) is 1.70. The molecule has 5 N–H and O–H groups in total. The van der Waals surface area contributed by atoms with Crippen LogP contribution in [0.4, 0.5) is 0 Å². The normalized spacial score (nSPS) is 11.3. The molecule has 4 heterocycles. The molecule has 1 aromatic carbocycles. The number of hydrogen-bond acceptors (Lipinski definition) is 4. The largest absolute Gasteiger partial charge is 0.340 e. The number of rotatable bonds is 3. The maximum atomic E-state index is 13.0. The molecule has 5 aromatic rings. The highest BCUT2D eigenvalue weighted by atomic mass is 35.5. The highest BCUT2D eigenvalue weighted by Crippen LogP contribution is 2.36. The smallest absolute Gasteiger partial charge is 0.327 e. The van der Waals surface area contributed by atoms with Crippen molar-refractivity contribution in [2.24, 2.45) is 0 Å². The summed E-state index contributed by atoms with van der Waals surface area (Å²) >= 11 is 6.01. The van der Waals surface area contributed by atoms with Gasteiger partial charge in [0.2, 0.25) is 0 Å². The maximum absolute atomic E-state index is 13.0. The minimum Gasteiger partial charge on any atom is -0.340 e. The predicted molar refractivity (Wildman–Crippen MR) is 116 cm³/mol. The van der Waals surface area contributed by atoms with E-state index >= 15 is 0 Å². The van der Waals surface area contributed by atoms with Crippen LogP contribution in [0.3, 0.4) is 0 Å². The Hall–Kier alpha value is -4.31. The van der Waals surface area contributed by atoms with Gasteiger partial charge >= 0.3 is 11.4 Å². The molecule has 0 radical (unpaired) electrons. The maximum Gasteiger partial charge on any atom is 0.327 e. The molecular formula is C20H13ClN6O4. The van der Waals surface area contributed by atoms with Crippen LogP contribution in [0.15, 0.2) is 68.0 Å². The number of fused-ring (bicyclic) bond motifs is 1. The number of aromatic amines is 5. The molecule has 0 aliphatic rings. The minimum atomic E-state index is -0.701. The van der Waals surface area contributed by atoms with Gasteiger partial charge in [0.15, 0.2) is 0 Å². The van der Waals surface area contributed by atoms with Crippen molar-refractivity contribution >= 4 is 22.6 Å². The average molecular weight is 437 g/mol. The van der Waals surface area contributed by atoms with E-state index in [9.17, 15) is 19.2 Å². The zero-order valence-electron chi connectivity index (χ0n) is 15.6. The van der Waals surface area contributed by atoms with E-state index in [0.717, 1.165) is 0 Å². The first kappa shape index (κ1) is 18.7. The standard InChI is InChI=1S/C20H13ClN6O4/c21-10-5-3-9(4-6-10)14-11(12-15(22-14)23-19(30)25-17(12)28)13-16(27-7-1-2-8-27)24-20(31)26-18(13)29/h1-8H,(H2,24,26,29,31)(H3,22,23,25,28,30). The Morgan fingerprint density at radius 2 is 1.35 bits per heavy atom. The van der Waals surface area contributed by atoms with Gasteiger partial charge in [0.05, 0.1) is 16.6 Å². The van der Waals surface area contributed by atoms with Crippen LogP contribution in [0, 0.1) is 0 Å². The molecule has 0 saturated carbocycles. The first-order chi connectivity index (χ1) is 14.9. The van der Waals surface area contributed by atoms with Gasteiger partial charge in [-0.3, -0.25) is 29.5 Å². The van der Waals surface area contributed by atoms with Crippen LogP contribution in [0.5, 0.6) is 0 Å². The Balaban J connectivity index is 1.99. The summed E-state index contributed by atoms with van der Waals surface area (Å²) in [5.74, 6) is 0.167. The SMILES string of the molecule is O=c1[nH]c(-n2cccc2)c(-c2c(-c3ccc(Cl)cc3)[nH]c3[nH]c(=O)[nH]c(=O)c23)c(=O)[nH]1. The fourth-order valence-corrected chi connectivity index (χ4v) is 3.72. The molecule has 4 aromatic heterocycles. The highest BCUT2D eigenvalue weighted by molar-refractivity contribution is 6.30. The second kappa shape index (κ2) is 6.89. The molecule has 0 bridgehead atoms. The lowest BCUT2D eigenvalue weighted by Gasteiger charge is -2.11. The van der Waals surface area contributed by atoms with Crippen LogP contribution < -0.4 is 22.5 Å². The van der Waals surface area contributed by atoms with E-state index in [2.05, 4.69) is 24.9 Å². The Bertz CT molecular complexity index is 1670. The van der Waals surface area contributed by atoms with Gasteiger partial charge in [0, 0.05) is 23.0 Å². The lowest BCUT2D eigenvalue weighted by molar-refractivity contribution is 0.938. The summed E-state index contributed by atoms with van der Waals surface area (Å²) in [5, 5.41) is 0.568. The summed E-state index contributed by atoms with van der Waals surface area (Å²) < 4.78 is 1.55. The highest BCUT2D eigenvalue weighted by Gasteiger charge is 2.24. The summed E-state index contributed by atoms with van der Waals surface area (Å²) in [6, 6.07) is 10.2. The molecule has 0 amide bonds. The molecule has 0 atom stereocenters. The van der Waals surface area contributed by atoms with Gasteiger partial charge in [-0.25, -0.2) is 9.59 Å². The number of H-pyrrole nitrogens is 5. The molecule has 0 unspecified atom stereocenters. The summed E-state index contributed by atoms with van der Waals surface area (Å²) in [6.45, 7) is 0. The van der Waals surface area contributed by atoms with Crippen molar-refractivity contribution in [1.82, 2.24) is 29.5 Å². The number of aromatic nitrogens is 6. The van der Waals surface area contributed by atoms with Gasteiger partial charge in [-0.2, -0.15) is 0 Å². The van der Waals surface area contributed by atoms with E-state index in [1.165, 1.54) is 0 Å². The second-order valence-corrected chi connectivity index (χ2v) is 7.20. The van der Waals surface area contributed by atoms with Crippen LogP contribution in [-0.4, -0.2) is 29.5 Å². The number of nitrogens with one attached hydrogen (secondary N) is 5. The van der Waals surface area contributed by atoms with Gasteiger partial charge in [-0.05, 0) is 29.8 Å². The molecule has 10 nitrogen and oxygen atoms in total. The lowest BCUT2D eigenvalue weighted by atomic mass is 10.0. The Morgan fingerprint density at radius 3 is 2.06 bits per heavy atom. The second-order valence-electron chi connectivity index (χ2n) is 6.76. The third kappa shape index (κ3) is 3.06. The van der Waals surface area contributed by atoms with Crippen LogP contribution in [-0.2, 0) is 0 Å². The monoisotopic (exact) mass is 436 g/mol. The van der Waals surface area contributed by atoms with Crippen molar-refractivity contribution < 1.29 is 0 Å². The number of benzene rings is 1. The van der Waals surface area contributed by atoms with Crippen molar-refractivity contribution in [1.29, 1.82) is 0 Å². The van der Waals surface area contributed by atoms with Crippen LogP contribution >= 0.6 is 11.6 Å². The number of nitrogens with zero attached hydrogens (tertiary/aromatic N) is 1. The molecule has 0 aliphatic carbocycles. The number of halogens is 1. The van der Waals surface area contributed by atoms with Crippen LogP contribution in [0.1, 0.15) is 0 Å². The number of hydrogen-bond donors (Lipinski definition) is 5. The third-order valence-electron chi connectivity index (χ3n) is 4.86. The minimum absolute atomic E-state index is 0.0459. The lowest BCUT2D eigenvalue weighted by Crippen LogP contribution is -2.27. The van der Waals surface area contributed by atoms with Gasteiger partial charge in [-0.15, -0.1) is 0 Å². The fourth-order valence-electron chi connectivity index (χ4n) is 3.60. The van der Waals surface area contributed by atoms with E-state index in [1.807, 2.05) is 0 Å². The fraction of sp³-hybridized carbons (Fsp3) is 0. The molecule has 0 saturated heterocycles. The van der Waals surface area contributed by atoms with Crippen molar-refractivity contribution in [3.63, 3.8) is 0 Å². The molecule has 31 heavy (non-hydrogen) atoms. The first-order valence-corrected chi connectivity index (χ1v) is 9.44. The summed E-state index contributed by atoms with van der Waals surface area (Å²) in [5.41, 5.74) is -1.38. The van der Waals surface area contributed by atoms with E-state index in [1.54, 1.807) is 53.4 Å². The van der Waals surface area contributed by atoms with Gasteiger partial charge < -0.3 is 9.55 Å². The van der Waals surface area contributed by atoms with Gasteiger partial charge in [-0.1, -0.05) is 23.7 Å². The molecule has 0 spiro atoms. The molecular weight excluding hydrogens is 424 g/mol. The zero-order valence-corrected chi connectivity index (χ0v) is 16.3. The molecule has 0 fully saturated rings. The van der Waals surface area contributed by atoms with Crippen molar-refractivity contribution in [2.75, 3.05) is 0 Å². The van der Waals surface area contributed by atoms with Crippen molar-refractivity contribution in [3.8, 4) is 28.2 Å². The van der Waals surface area contributed by atoms with E-state index in [-0.39, 0.29) is 28.0 Å². The molecule has 154 valence electrons. The topological polar surface area (TPSA) is 152 Å².